The third-order valence-corrected chi connectivity index (χ3v) is 8.34. The van der Waals surface area contributed by atoms with E-state index in [1.165, 1.54) is 18.4 Å². The minimum absolute atomic E-state index is 0.0556. The fourth-order valence-corrected chi connectivity index (χ4v) is 5.82. The molecule has 0 spiro atoms. The van der Waals surface area contributed by atoms with Gasteiger partial charge in [0.2, 0.25) is 0 Å². The van der Waals surface area contributed by atoms with Crippen molar-refractivity contribution in [2.75, 3.05) is 0 Å². The molecule has 1 unspecified atom stereocenters. The first kappa shape index (κ1) is 25.7. The Hall–Kier alpha value is -2.43. The van der Waals surface area contributed by atoms with Gasteiger partial charge in [-0.25, -0.2) is 0 Å². The van der Waals surface area contributed by atoms with E-state index in [4.69, 9.17) is 4.52 Å². The van der Waals surface area contributed by atoms with Crippen LogP contribution in [0.3, 0.4) is 0 Å². The molecule has 1 N–H and O–H groups in total. The van der Waals surface area contributed by atoms with Crippen LogP contribution in [0.25, 0.3) is 0 Å². The first-order valence-electron chi connectivity index (χ1n) is 13.3. The topological polar surface area (TPSA) is 80.4 Å². The summed E-state index contributed by atoms with van der Waals surface area (Å²) in [5.41, 5.74) is 5.51. The molecule has 35 heavy (non-hydrogen) atoms. The molecule has 2 saturated carbocycles. The first-order valence-corrected chi connectivity index (χ1v) is 13.3. The van der Waals surface area contributed by atoms with Crippen molar-refractivity contribution in [1.82, 2.24) is 5.16 Å². The van der Waals surface area contributed by atoms with Crippen LogP contribution < -0.4 is 0 Å². The number of hydrogen-bond acceptors (Lipinski definition) is 4. The van der Waals surface area contributed by atoms with Gasteiger partial charge in [0, 0.05) is 30.2 Å². The van der Waals surface area contributed by atoms with E-state index in [0.717, 1.165) is 53.8 Å². The van der Waals surface area contributed by atoms with Crippen LogP contribution in [0.5, 0.6) is 0 Å². The van der Waals surface area contributed by atoms with Gasteiger partial charge in [0.25, 0.3) is 0 Å². The monoisotopic (exact) mass is 479 g/mol. The van der Waals surface area contributed by atoms with Crippen molar-refractivity contribution >= 4 is 11.8 Å². The van der Waals surface area contributed by atoms with Crippen LogP contribution in [0.1, 0.15) is 124 Å². The number of ketones is 1. The van der Waals surface area contributed by atoms with E-state index in [-0.39, 0.29) is 18.6 Å². The minimum atomic E-state index is -0.897. The molecule has 5 nitrogen and oxygen atoms in total. The predicted octanol–water partition coefficient (Wildman–Crippen LogP) is 7.25. The summed E-state index contributed by atoms with van der Waals surface area (Å²) in [5.74, 6) is 1.19. The van der Waals surface area contributed by atoms with Crippen molar-refractivity contribution in [2.45, 2.75) is 110 Å². The van der Waals surface area contributed by atoms with Crippen LogP contribution in [0.2, 0.25) is 0 Å². The standard InChI is InChI=1S/C30H41NO4/c1-6-30(4,5)17-20-12-24(13-20)29-27(21-9-10-21)28(31-35-29)23(16-26(33)34)15-25(32)14-22-8-7-18(2)11-19(22)3/h7-8,11,20-21,23-24H,6,9-10,12-17H2,1-5H3,(H,33,34). The van der Waals surface area contributed by atoms with Crippen molar-refractivity contribution in [2.24, 2.45) is 11.3 Å². The van der Waals surface area contributed by atoms with Gasteiger partial charge >= 0.3 is 5.97 Å². The van der Waals surface area contributed by atoms with E-state index in [9.17, 15) is 14.7 Å². The van der Waals surface area contributed by atoms with Crippen molar-refractivity contribution in [3.63, 3.8) is 0 Å². The summed E-state index contributed by atoms with van der Waals surface area (Å²) in [4.78, 5) is 24.8. The van der Waals surface area contributed by atoms with Gasteiger partial charge in [-0.1, -0.05) is 56.1 Å². The third kappa shape index (κ3) is 6.23. The fraction of sp³-hybridized carbons (Fsp3) is 0.633. The van der Waals surface area contributed by atoms with Crippen LogP contribution in [0, 0.1) is 25.2 Å². The lowest BCUT2D eigenvalue weighted by Crippen LogP contribution is -2.27. The Morgan fingerprint density at radius 2 is 1.86 bits per heavy atom. The minimum Gasteiger partial charge on any atom is -0.481 e. The average Bonchev–Trinajstić information content (AvgIpc) is 3.50. The molecule has 0 aliphatic heterocycles. The molecule has 0 bridgehead atoms. The van der Waals surface area contributed by atoms with Gasteiger partial charge in [-0.05, 0) is 74.3 Å². The molecule has 0 amide bonds. The zero-order valence-corrected chi connectivity index (χ0v) is 22.0. The lowest BCUT2D eigenvalue weighted by atomic mass is 9.66. The highest BCUT2D eigenvalue weighted by molar-refractivity contribution is 5.83. The van der Waals surface area contributed by atoms with Gasteiger partial charge in [-0.2, -0.15) is 0 Å². The van der Waals surface area contributed by atoms with Gasteiger partial charge in [-0.15, -0.1) is 0 Å². The molecule has 2 aromatic rings. The number of Topliss-reactive ketones (excluding diaryl/α,β-unsaturated/α-hetero) is 1. The van der Waals surface area contributed by atoms with E-state index in [1.54, 1.807) is 0 Å². The molecule has 2 fully saturated rings. The normalized spacial score (nSPS) is 20.9. The number of rotatable bonds is 12. The Balaban J connectivity index is 1.50. The van der Waals surface area contributed by atoms with Gasteiger partial charge in [0.15, 0.2) is 0 Å². The average molecular weight is 480 g/mol. The van der Waals surface area contributed by atoms with Crippen LogP contribution >= 0.6 is 0 Å². The van der Waals surface area contributed by atoms with Crippen molar-refractivity contribution < 1.29 is 19.2 Å². The Kier molecular flexibility index (Phi) is 7.54. The van der Waals surface area contributed by atoms with Gasteiger partial charge < -0.3 is 9.63 Å². The third-order valence-electron chi connectivity index (χ3n) is 8.34. The number of carbonyl (C=O) groups is 2. The van der Waals surface area contributed by atoms with Crippen molar-refractivity contribution in [3.8, 4) is 0 Å². The summed E-state index contributed by atoms with van der Waals surface area (Å²) in [7, 11) is 0. The van der Waals surface area contributed by atoms with E-state index >= 15 is 0 Å². The zero-order chi connectivity index (χ0) is 25.3. The number of hydrogen-bond donors (Lipinski definition) is 1. The van der Waals surface area contributed by atoms with Gasteiger partial charge in [-0.3, -0.25) is 9.59 Å². The Labute approximate surface area is 209 Å². The maximum absolute atomic E-state index is 13.1. The van der Waals surface area contributed by atoms with Crippen molar-refractivity contribution in [1.29, 1.82) is 0 Å². The molecule has 1 aromatic heterocycles. The number of carboxylic acid groups (broad SMARTS) is 1. The van der Waals surface area contributed by atoms with Crippen LogP contribution in [-0.2, 0) is 16.0 Å². The van der Waals surface area contributed by atoms with E-state index in [0.29, 0.717) is 29.6 Å². The molecule has 5 heteroatoms. The second-order valence-electron chi connectivity index (χ2n) is 12.0. The van der Waals surface area contributed by atoms with E-state index in [2.05, 4.69) is 32.0 Å². The summed E-state index contributed by atoms with van der Waals surface area (Å²) in [6.45, 7) is 11.0. The van der Waals surface area contributed by atoms with E-state index in [1.807, 2.05) is 26.0 Å². The molecule has 1 heterocycles. The molecule has 190 valence electrons. The summed E-state index contributed by atoms with van der Waals surface area (Å²) < 4.78 is 5.95. The van der Waals surface area contributed by atoms with Crippen LogP contribution in [0.15, 0.2) is 22.7 Å². The molecule has 2 aliphatic rings. The van der Waals surface area contributed by atoms with Gasteiger partial charge in [0.05, 0.1) is 12.1 Å². The summed E-state index contributed by atoms with van der Waals surface area (Å²) in [6, 6.07) is 6.11. The first-order chi connectivity index (χ1) is 16.6. The highest BCUT2D eigenvalue weighted by atomic mass is 16.5. The number of carboxylic acids is 1. The second kappa shape index (κ2) is 10.3. The molecule has 1 atom stereocenters. The molecular weight excluding hydrogens is 438 g/mol. The molecule has 0 saturated heterocycles. The fourth-order valence-electron chi connectivity index (χ4n) is 5.82. The zero-order valence-electron chi connectivity index (χ0n) is 22.0. The SMILES string of the molecule is CCC(C)(C)CC1CC(c2onc(C(CC(=O)O)CC(=O)Cc3ccc(C)cc3C)c2C2CC2)C1. The lowest BCUT2D eigenvalue weighted by Gasteiger charge is -2.39. The lowest BCUT2D eigenvalue weighted by molar-refractivity contribution is -0.137. The van der Waals surface area contributed by atoms with Crippen molar-refractivity contribution in [3.05, 3.63) is 51.9 Å². The second-order valence-corrected chi connectivity index (χ2v) is 12.0. The number of benzene rings is 1. The highest BCUT2D eigenvalue weighted by Gasteiger charge is 2.42. The number of aromatic nitrogens is 1. The molecule has 1 aromatic carbocycles. The quantitative estimate of drug-likeness (QED) is 0.347. The number of aliphatic carboxylic acids is 1. The summed E-state index contributed by atoms with van der Waals surface area (Å²) in [5, 5.41) is 14.1. The smallest absolute Gasteiger partial charge is 0.304 e. The van der Waals surface area contributed by atoms with Gasteiger partial charge in [0.1, 0.15) is 11.5 Å². The van der Waals surface area contributed by atoms with Crippen LogP contribution in [-0.4, -0.2) is 22.0 Å². The number of carbonyl (C=O) groups excluding carboxylic acids is 1. The van der Waals surface area contributed by atoms with E-state index < -0.39 is 11.9 Å². The molecular formula is C30H41NO4. The molecule has 2 aliphatic carbocycles. The molecule has 0 radical (unpaired) electrons. The Morgan fingerprint density at radius 3 is 2.46 bits per heavy atom. The largest absolute Gasteiger partial charge is 0.481 e. The summed E-state index contributed by atoms with van der Waals surface area (Å²) >= 11 is 0. The Bertz CT molecular complexity index is 1070. The maximum atomic E-state index is 13.1. The number of nitrogens with zero attached hydrogens (tertiary/aromatic N) is 1. The molecule has 4 rings (SSSR count). The van der Waals surface area contributed by atoms with Crippen LogP contribution in [0.4, 0.5) is 0 Å². The maximum Gasteiger partial charge on any atom is 0.304 e. The summed E-state index contributed by atoms with van der Waals surface area (Å²) in [6.07, 6.45) is 7.25. The Morgan fingerprint density at radius 1 is 1.14 bits per heavy atom. The number of aryl methyl sites for hydroxylation is 2. The predicted molar refractivity (Wildman–Crippen MR) is 137 cm³/mol. The highest BCUT2D eigenvalue weighted by Crippen LogP contribution is 2.53.